The third-order valence-electron chi connectivity index (χ3n) is 3.56. The summed E-state index contributed by atoms with van der Waals surface area (Å²) in [6.07, 6.45) is 4.35. The molecule has 0 radical (unpaired) electrons. The molecule has 0 aromatic heterocycles. The van der Waals surface area contributed by atoms with Gasteiger partial charge in [-0.25, -0.2) is 0 Å². The maximum atomic E-state index is 12.2. The predicted molar refractivity (Wildman–Crippen MR) is 74.1 cm³/mol. The van der Waals surface area contributed by atoms with Crippen LogP contribution in [0.5, 0.6) is 0 Å². The summed E-state index contributed by atoms with van der Waals surface area (Å²) in [5.41, 5.74) is 1.86. The molecular weight excluding hydrogens is 278 g/mol. The summed E-state index contributed by atoms with van der Waals surface area (Å²) < 4.78 is 1.00. The van der Waals surface area contributed by atoms with E-state index in [2.05, 4.69) is 28.2 Å². The van der Waals surface area contributed by atoms with Gasteiger partial charge in [0, 0.05) is 15.6 Å². The zero-order valence-electron chi connectivity index (χ0n) is 10.3. The number of nitrogens with one attached hydrogen (secondary N) is 1. The Hall–Kier alpha value is -0.830. The molecule has 0 bridgehead atoms. The van der Waals surface area contributed by atoms with Gasteiger partial charge in [0.05, 0.1) is 0 Å². The number of carbonyl (C=O) groups excluding carboxylic acids is 1. The quantitative estimate of drug-likeness (QED) is 0.867. The summed E-state index contributed by atoms with van der Waals surface area (Å²) in [7, 11) is 0. The van der Waals surface area contributed by atoms with E-state index in [-0.39, 0.29) is 11.3 Å². The van der Waals surface area contributed by atoms with E-state index in [1.807, 2.05) is 25.1 Å². The average Bonchev–Trinajstić information content (AvgIpc) is 2.64. The minimum atomic E-state index is -0.170. The largest absolute Gasteiger partial charge is 0.326 e. The van der Waals surface area contributed by atoms with Crippen molar-refractivity contribution in [2.24, 2.45) is 5.41 Å². The normalized spacial score (nSPS) is 18.1. The van der Waals surface area contributed by atoms with Crippen molar-refractivity contribution in [3.8, 4) is 0 Å². The van der Waals surface area contributed by atoms with Crippen molar-refractivity contribution in [2.75, 3.05) is 5.32 Å². The molecule has 1 fully saturated rings. The molecule has 0 atom stereocenters. The summed E-state index contributed by atoms with van der Waals surface area (Å²) in [4.78, 5) is 12.2. The van der Waals surface area contributed by atoms with Crippen LogP contribution in [0, 0.1) is 12.3 Å². The number of carbonyl (C=O) groups is 1. The summed E-state index contributed by atoms with van der Waals surface area (Å²) in [6.45, 7) is 4.10. The van der Waals surface area contributed by atoms with Gasteiger partial charge in [-0.1, -0.05) is 35.7 Å². The number of hydrogen-bond donors (Lipinski definition) is 1. The third kappa shape index (κ3) is 2.89. The summed E-state index contributed by atoms with van der Waals surface area (Å²) in [6, 6.07) is 5.98. The topological polar surface area (TPSA) is 29.1 Å². The van der Waals surface area contributed by atoms with Crippen LogP contribution in [-0.4, -0.2) is 5.91 Å². The number of anilines is 1. The molecule has 2 nitrogen and oxygen atoms in total. The molecule has 1 N–H and O–H groups in total. The first kappa shape index (κ1) is 12.6. The van der Waals surface area contributed by atoms with Crippen molar-refractivity contribution < 1.29 is 4.79 Å². The molecule has 0 spiro atoms. The van der Waals surface area contributed by atoms with Crippen LogP contribution in [0.25, 0.3) is 0 Å². The minimum absolute atomic E-state index is 0.160. The van der Waals surface area contributed by atoms with Crippen molar-refractivity contribution in [3.05, 3.63) is 28.2 Å². The molecule has 1 aliphatic carbocycles. The van der Waals surface area contributed by atoms with Crippen LogP contribution in [0.1, 0.15) is 38.2 Å². The first-order valence-electron chi connectivity index (χ1n) is 6.08. The molecule has 0 aliphatic heterocycles. The van der Waals surface area contributed by atoms with Gasteiger partial charge in [-0.05, 0) is 43.5 Å². The molecule has 17 heavy (non-hydrogen) atoms. The van der Waals surface area contributed by atoms with E-state index in [9.17, 15) is 4.79 Å². The molecule has 0 unspecified atom stereocenters. The molecule has 1 amide bonds. The SMILES string of the molecule is Cc1cc(Br)cc(NC(=O)C2(C)CCCC2)c1. The maximum absolute atomic E-state index is 12.2. The fourth-order valence-electron chi connectivity index (χ4n) is 2.47. The highest BCUT2D eigenvalue weighted by Gasteiger charge is 2.36. The number of benzene rings is 1. The van der Waals surface area contributed by atoms with E-state index < -0.39 is 0 Å². The van der Waals surface area contributed by atoms with Gasteiger partial charge in [-0.2, -0.15) is 0 Å². The van der Waals surface area contributed by atoms with Gasteiger partial charge in [-0.3, -0.25) is 4.79 Å². The van der Waals surface area contributed by atoms with Crippen LogP contribution >= 0.6 is 15.9 Å². The van der Waals surface area contributed by atoms with Gasteiger partial charge >= 0.3 is 0 Å². The van der Waals surface area contributed by atoms with Crippen LogP contribution in [0.3, 0.4) is 0 Å². The highest BCUT2D eigenvalue weighted by atomic mass is 79.9. The highest BCUT2D eigenvalue weighted by molar-refractivity contribution is 9.10. The molecule has 2 rings (SSSR count). The van der Waals surface area contributed by atoms with Gasteiger partial charge in [0.15, 0.2) is 0 Å². The lowest BCUT2D eigenvalue weighted by Gasteiger charge is -2.22. The Balaban J connectivity index is 2.12. The van der Waals surface area contributed by atoms with Crippen molar-refractivity contribution in [3.63, 3.8) is 0 Å². The van der Waals surface area contributed by atoms with Gasteiger partial charge in [0.25, 0.3) is 0 Å². The lowest BCUT2D eigenvalue weighted by Crippen LogP contribution is -2.30. The second-order valence-electron chi connectivity index (χ2n) is 5.24. The summed E-state index contributed by atoms with van der Waals surface area (Å²) in [5.74, 6) is 0.160. The standard InChI is InChI=1S/C14H18BrNO/c1-10-7-11(15)9-12(8-10)16-13(17)14(2)5-3-4-6-14/h7-9H,3-6H2,1-2H3,(H,16,17). The third-order valence-corrected chi connectivity index (χ3v) is 4.01. The molecule has 0 saturated heterocycles. The Morgan fingerprint density at radius 2 is 1.94 bits per heavy atom. The zero-order chi connectivity index (χ0) is 12.5. The zero-order valence-corrected chi connectivity index (χ0v) is 11.9. The van der Waals surface area contributed by atoms with E-state index in [4.69, 9.17) is 0 Å². The van der Waals surface area contributed by atoms with Crippen LogP contribution in [0.2, 0.25) is 0 Å². The van der Waals surface area contributed by atoms with Crippen LogP contribution < -0.4 is 5.32 Å². The van der Waals surface area contributed by atoms with E-state index in [1.165, 1.54) is 12.8 Å². The Bertz CT molecular complexity index is 416. The smallest absolute Gasteiger partial charge is 0.230 e. The molecule has 0 heterocycles. The van der Waals surface area contributed by atoms with Crippen molar-refractivity contribution in [1.82, 2.24) is 0 Å². The van der Waals surface area contributed by atoms with Gasteiger partial charge < -0.3 is 5.32 Å². The van der Waals surface area contributed by atoms with Crippen LogP contribution in [0.15, 0.2) is 22.7 Å². The highest BCUT2D eigenvalue weighted by Crippen LogP contribution is 2.38. The fourth-order valence-corrected chi connectivity index (χ4v) is 3.08. The molecule has 1 saturated carbocycles. The number of amides is 1. The van der Waals surface area contributed by atoms with E-state index in [0.29, 0.717) is 0 Å². The lowest BCUT2D eigenvalue weighted by atomic mass is 9.88. The number of aryl methyl sites for hydroxylation is 1. The number of hydrogen-bond acceptors (Lipinski definition) is 1. The Kier molecular flexibility index (Phi) is 3.57. The Labute approximate surface area is 111 Å². The first-order valence-corrected chi connectivity index (χ1v) is 6.88. The van der Waals surface area contributed by atoms with Crippen LogP contribution in [-0.2, 0) is 4.79 Å². The number of halogens is 1. The molecule has 92 valence electrons. The average molecular weight is 296 g/mol. The molecule has 3 heteroatoms. The van der Waals surface area contributed by atoms with Crippen LogP contribution in [0.4, 0.5) is 5.69 Å². The molecular formula is C14H18BrNO. The maximum Gasteiger partial charge on any atom is 0.230 e. The number of rotatable bonds is 2. The van der Waals surface area contributed by atoms with E-state index >= 15 is 0 Å². The predicted octanol–water partition coefficient (Wildman–Crippen LogP) is 4.28. The Morgan fingerprint density at radius 1 is 1.29 bits per heavy atom. The minimum Gasteiger partial charge on any atom is -0.326 e. The van der Waals surface area contributed by atoms with Gasteiger partial charge in [0.2, 0.25) is 5.91 Å². The van der Waals surface area contributed by atoms with Crippen molar-refractivity contribution >= 4 is 27.5 Å². The second-order valence-corrected chi connectivity index (χ2v) is 6.15. The fraction of sp³-hybridized carbons (Fsp3) is 0.500. The first-order chi connectivity index (χ1) is 7.99. The lowest BCUT2D eigenvalue weighted by molar-refractivity contribution is -0.124. The van der Waals surface area contributed by atoms with Gasteiger partial charge in [-0.15, -0.1) is 0 Å². The molecule has 1 aromatic carbocycles. The van der Waals surface area contributed by atoms with Gasteiger partial charge in [0.1, 0.15) is 0 Å². The van der Waals surface area contributed by atoms with Crippen molar-refractivity contribution in [1.29, 1.82) is 0 Å². The monoisotopic (exact) mass is 295 g/mol. The summed E-state index contributed by atoms with van der Waals surface area (Å²) in [5, 5.41) is 3.04. The van der Waals surface area contributed by atoms with Crippen molar-refractivity contribution in [2.45, 2.75) is 39.5 Å². The van der Waals surface area contributed by atoms with E-state index in [1.54, 1.807) is 0 Å². The van der Waals surface area contributed by atoms with E-state index in [0.717, 1.165) is 28.6 Å². The second kappa shape index (κ2) is 4.81. The summed E-state index contributed by atoms with van der Waals surface area (Å²) >= 11 is 3.45. The molecule has 1 aromatic rings. The molecule has 1 aliphatic rings. The Morgan fingerprint density at radius 3 is 2.53 bits per heavy atom.